The molecule has 172 valence electrons. The van der Waals surface area contributed by atoms with Crippen LogP contribution in [0.5, 0.6) is 11.5 Å². The third kappa shape index (κ3) is 5.12. The van der Waals surface area contributed by atoms with Crippen molar-refractivity contribution in [3.05, 3.63) is 89.8 Å². The van der Waals surface area contributed by atoms with Gasteiger partial charge in [0.1, 0.15) is 5.82 Å². The molecule has 0 radical (unpaired) electrons. The molecular formula is C26H22FN3O4. The van der Waals surface area contributed by atoms with Crippen LogP contribution in [0, 0.1) is 5.82 Å². The van der Waals surface area contributed by atoms with Crippen LogP contribution in [0.2, 0.25) is 0 Å². The topological polar surface area (TPSA) is 80.2 Å². The van der Waals surface area contributed by atoms with Gasteiger partial charge in [-0.05, 0) is 67.1 Å². The summed E-state index contributed by atoms with van der Waals surface area (Å²) < 4.78 is 24.0. The van der Waals surface area contributed by atoms with Crippen molar-refractivity contribution in [3.63, 3.8) is 0 Å². The normalized spacial score (nSPS) is 14.2. The largest absolute Gasteiger partial charge is 0.493 e. The van der Waals surface area contributed by atoms with Crippen molar-refractivity contribution in [1.82, 2.24) is 0 Å². The Labute approximate surface area is 196 Å². The molecule has 4 rings (SSSR count). The molecule has 2 amide bonds. The van der Waals surface area contributed by atoms with E-state index in [-0.39, 0.29) is 18.3 Å². The summed E-state index contributed by atoms with van der Waals surface area (Å²) in [5, 5.41) is 8.37. The van der Waals surface area contributed by atoms with Crippen LogP contribution in [0.1, 0.15) is 12.5 Å². The average molecular weight is 459 g/mol. The predicted octanol–water partition coefficient (Wildman–Crippen LogP) is 4.66. The first kappa shape index (κ1) is 22.7. The molecule has 0 atom stereocenters. The molecule has 0 unspecified atom stereocenters. The SMILES string of the molecule is COc1cc(/C=C2/C(=O)N(c3ccccc3)N=C2C)ccc1OCC(=O)Nc1ccc(F)cc1. The van der Waals surface area contributed by atoms with Crippen LogP contribution in [0.4, 0.5) is 15.8 Å². The molecule has 1 aliphatic heterocycles. The number of para-hydroxylation sites is 1. The van der Waals surface area contributed by atoms with Crippen LogP contribution in [0.15, 0.2) is 83.5 Å². The van der Waals surface area contributed by atoms with E-state index in [1.165, 1.54) is 36.4 Å². The molecule has 0 bridgehead atoms. The zero-order valence-corrected chi connectivity index (χ0v) is 18.6. The number of carbonyl (C=O) groups excluding carboxylic acids is 2. The van der Waals surface area contributed by atoms with E-state index in [1.54, 1.807) is 31.2 Å². The second-order valence-corrected chi connectivity index (χ2v) is 7.45. The maximum Gasteiger partial charge on any atom is 0.280 e. The Kier molecular flexibility index (Phi) is 6.68. The molecular weight excluding hydrogens is 437 g/mol. The molecule has 7 nitrogen and oxygen atoms in total. The minimum atomic E-state index is -0.399. The molecule has 0 aliphatic carbocycles. The number of methoxy groups -OCH3 is 1. The Morgan fingerprint density at radius 1 is 1.06 bits per heavy atom. The third-order valence-corrected chi connectivity index (χ3v) is 5.05. The lowest BCUT2D eigenvalue weighted by atomic mass is 10.1. The number of rotatable bonds is 7. The average Bonchev–Trinajstić information content (AvgIpc) is 3.13. The molecule has 0 spiro atoms. The van der Waals surface area contributed by atoms with Crippen LogP contribution in [-0.2, 0) is 9.59 Å². The van der Waals surface area contributed by atoms with E-state index in [9.17, 15) is 14.0 Å². The number of nitrogens with one attached hydrogen (secondary N) is 1. The fourth-order valence-electron chi connectivity index (χ4n) is 3.36. The first-order chi connectivity index (χ1) is 16.4. The van der Waals surface area contributed by atoms with Gasteiger partial charge >= 0.3 is 0 Å². The Morgan fingerprint density at radius 2 is 1.79 bits per heavy atom. The molecule has 1 aliphatic rings. The van der Waals surface area contributed by atoms with Gasteiger partial charge in [-0.3, -0.25) is 9.59 Å². The number of amides is 2. The Balaban J connectivity index is 1.45. The number of hydrogen-bond acceptors (Lipinski definition) is 5. The van der Waals surface area contributed by atoms with Crippen LogP contribution >= 0.6 is 0 Å². The maximum atomic E-state index is 13.0. The summed E-state index contributed by atoms with van der Waals surface area (Å²) in [4.78, 5) is 25.1. The van der Waals surface area contributed by atoms with Crippen molar-refractivity contribution >= 4 is 35.0 Å². The van der Waals surface area contributed by atoms with E-state index < -0.39 is 5.91 Å². The highest BCUT2D eigenvalue weighted by Crippen LogP contribution is 2.30. The van der Waals surface area contributed by atoms with E-state index in [4.69, 9.17) is 9.47 Å². The lowest BCUT2D eigenvalue weighted by Gasteiger charge is -2.12. The lowest BCUT2D eigenvalue weighted by molar-refractivity contribution is -0.118. The molecule has 1 N–H and O–H groups in total. The molecule has 0 saturated heterocycles. The quantitative estimate of drug-likeness (QED) is 0.522. The fraction of sp³-hybridized carbons (Fsp3) is 0.115. The summed E-state index contributed by atoms with van der Waals surface area (Å²) in [5.41, 5.74) is 2.94. The number of nitrogens with zero attached hydrogens (tertiary/aromatic N) is 2. The highest BCUT2D eigenvalue weighted by molar-refractivity contribution is 6.32. The molecule has 3 aromatic carbocycles. The summed E-state index contributed by atoms with van der Waals surface area (Å²) in [6.45, 7) is 1.52. The first-order valence-electron chi connectivity index (χ1n) is 10.5. The standard InChI is InChI=1S/C26H22FN3O4/c1-17-22(26(32)30(29-17)21-6-4-3-5-7-21)14-18-8-13-23(24(15-18)33-2)34-16-25(31)28-20-11-9-19(27)10-12-20/h3-15H,16H2,1-2H3,(H,28,31)/b22-14+. The van der Waals surface area contributed by atoms with Gasteiger partial charge in [0.2, 0.25) is 0 Å². The molecule has 8 heteroatoms. The summed E-state index contributed by atoms with van der Waals surface area (Å²) >= 11 is 0. The second kappa shape index (κ2) is 9.99. The van der Waals surface area contributed by atoms with Gasteiger partial charge in [0.25, 0.3) is 11.8 Å². The van der Waals surface area contributed by atoms with E-state index in [0.717, 1.165) is 0 Å². The Bertz CT molecular complexity index is 1270. The van der Waals surface area contributed by atoms with Crippen molar-refractivity contribution in [2.75, 3.05) is 24.0 Å². The molecule has 1 heterocycles. The minimum absolute atomic E-state index is 0.222. The Hall–Kier alpha value is -4.46. The van der Waals surface area contributed by atoms with Crippen LogP contribution in [0.25, 0.3) is 6.08 Å². The molecule has 3 aromatic rings. The highest BCUT2D eigenvalue weighted by Gasteiger charge is 2.28. The van der Waals surface area contributed by atoms with E-state index in [1.807, 2.05) is 30.3 Å². The smallest absolute Gasteiger partial charge is 0.280 e. The number of hydrogen-bond donors (Lipinski definition) is 1. The van der Waals surface area contributed by atoms with Crippen molar-refractivity contribution in [2.24, 2.45) is 5.10 Å². The van der Waals surface area contributed by atoms with Crippen LogP contribution in [0.3, 0.4) is 0 Å². The number of anilines is 2. The van der Waals surface area contributed by atoms with Gasteiger partial charge in [-0.1, -0.05) is 24.3 Å². The monoisotopic (exact) mass is 459 g/mol. The van der Waals surface area contributed by atoms with Gasteiger partial charge in [-0.25, -0.2) is 4.39 Å². The number of carbonyl (C=O) groups is 2. The zero-order chi connectivity index (χ0) is 24.1. The first-order valence-corrected chi connectivity index (χ1v) is 10.5. The van der Waals surface area contributed by atoms with Crippen molar-refractivity contribution in [2.45, 2.75) is 6.92 Å². The molecule has 0 saturated carbocycles. The number of benzene rings is 3. The lowest BCUT2D eigenvalue weighted by Crippen LogP contribution is -2.21. The maximum absolute atomic E-state index is 13.0. The van der Waals surface area contributed by atoms with Gasteiger partial charge in [0.15, 0.2) is 18.1 Å². The summed E-state index contributed by atoms with van der Waals surface area (Å²) in [6.07, 6.45) is 1.73. The molecule has 0 aromatic heterocycles. The number of ether oxygens (including phenoxy) is 2. The van der Waals surface area contributed by atoms with Crippen LogP contribution in [-0.4, -0.2) is 31.2 Å². The number of halogens is 1. The van der Waals surface area contributed by atoms with E-state index in [0.29, 0.717) is 39.7 Å². The summed E-state index contributed by atoms with van der Waals surface area (Å²) in [7, 11) is 1.49. The third-order valence-electron chi connectivity index (χ3n) is 5.05. The van der Waals surface area contributed by atoms with Gasteiger partial charge in [-0.2, -0.15) is 10.1 Å². The van der Waals surface area contributed by atoms with Crippen molar-refractivity contribution in [3.8, 4) is 11.5 Å². The van der Waals surface area contributed by atoms with E-state index >= 15 is 0 Å². The van der Waals surface area contributed by atoms with Crippen molar-refractivity contribution < 1.29 is 23.5 Å². The van der Waals surface area contributed by atoms with Crippen LogP contribution < -0.4 is 19.8 Å². The molecule has 0 fully saturated rings. The van der Waals surface area contributed by atoms with Gasteiger partial charge in [0, 0.05) is 5.69 Å². The summed E-state index contributed by atoms with van der Waals surface area (Å²) in [5.74, 6) is -0.232. The van der Waals surface area contributed by atoms with Gasteiger partial charge in [0.05, 0.1) is 24.1 Å². The minimum Gasteiger partial charge on any atom is -0.493 e. The van der Waals surface area contributed by atoms with Crippen molar-refractivity contribution in [1.29, 1.82) is 0 Å². The number of hydrazone groups is 1. The fourth-order valence-corrected chi connectivity index (χ4v) is 3.36. The molecule has 34 heavy (non-hydrogen) atoms. The van der Waals surface area contributed by atoms with Gasteiger partial charge in [-0.15, -0.1) is 0 Å². The van der Waals surface area contributed by atoms with Gasteiger partial charge < -0.3 is 14.8 Å². The highest BCUT2D eigenvalue weighted by atomic mass is 19.1. The van der Waals surface area contributed by atoms with E-state index in [2.05, 4.69) is 10.4 Å². The predicted molar refractivity (Wildman–Crippen MR) is 129 cm³/mol. The second-order valence-electron chi connectivity index (χ2n) is 7.45. The zero-order valence-electron chi connectivity index (χ0n) is 18.6. The summed E-state index contributed by atoms with van der Waals surface area (Å²) in [6, 6.07) is 19.8. The Morgan fingerprint density at radius 3 is 2.50 bits per heavy atom.